The predicted molar refractivity (Wildman–Crippen MR) is 73.2 cm³/mol. The Hall–Kier alpha value is 0.270. The third-order valence-corrected chi connectivity index (χ3v) is 5.42. The van der Waals surface area contributed by atoms with Crippen LogP contribution in [0.3, 0.4) is 0 Å². The van der Waals surface area contributed by atoms with E-state index < -0.39 is 0 Å². The molecule has 2 rings (SSSR count). The third-order valence-electron chi connectivity index (χ3n) is 4.06. The Morgan fingerprint density at radius 1 is 1.31 bits per heavy atom. The molecule has 2 saturated heterocycles. The summed E-state index contributed by atoms with van der Waals surface area (Å²) in [6, 6.07) is 1.59. The molecule has 0 aromatic carbocycles. The van der Waals surface area contributed by atoms with Gasteiger partial charge in [0.15, 0.2) is 0 Å². The molecule has 0 aromatic rings. The first-order valence-electron chi connectivity index (χ1n) is 6.90. The number of nitrogens with zero attached hydrogens (tertiary/aromatic N) is 1. The van der Waals surface area contributed by atoms with Crippen LogP contribution < -0.4 is 5.32 Å². The number of rotatable bonds is 4. The Kier molecular flexibility index (Phi) is 4.98. The van der Waals surface area contributed by atoms with Crippen molar-refractivity contribution in [3.8, 4) is 0 Å². The van der Waals surface area contributed by atoms with Crippen LogP contribution in [0.4, 0.5) is 0 Å². The monoisotopic (exact) mass is 242 g/mol. The minimum Gasteiger partial charge on any atom is -0.313 e. The fraction of sp³-hybridized carbons (Fsp3) is 1.00. The number of likely N-dealkylation sites (N-methyl/N-ethyl adjacent to an activating group) is 1. The lowest BCUT2D eigenvalue weighted by Gasteiger charge is -2.39. The van der Waals surface area contributed by atoms with Gasteiger partial charge < -0.3 is 5.32 Å². The van der Waals surface area contributed by atoms with Gasteiger partial charge in [-0.25, -0.2) is 0 Å². The van der Waals surface area contributed by atoms with E-state index in [4.69, 9.17) is 0 Å². The second kappa shape index (κ2) is 6.27. The molecule has 1 N–H and O–H groups in total. The highest BCUT2D eigenvalue weighted by molar-refractivity contribution is 7.99. The lowest BCUT2D eigenvalue weighted by atomic mass is 10.0. The van der Waals surface area contributed by atoms with Gasteiger partial charge >= 0.3 is 0 Å². The molecule has 94 valence electrons. The van der Waals surface area contributed by atoms with Crippen LogP contribution in [-0.2, 0) is 0 Å². The second-order valence-corrected chi connectivity index (χ2v) is 6.65. The summed E-state index contributed by atoms with van der Waals surface area (Å²) in [5, 5.41) is 4.46. The zero-order valence-corrected chi connectivity index (χ0v) is 11.6. The summed E-state index contributed by atoms with van der Waals surface area (Å²) in [6.45, 7) is 8.46. The summed E-state index contributed by atoms with van der Waals surface area (Å²) in [7, 11) is 0. The summed E-state index contributed by atoms with van der Waals surface area (Å²) < 4.78 is 0. The second-order valence-electron chi connectivity index (χ2n) is 5.17. The summed E-state index contributed by atoms with van der Waals surface area (Å²) in [5.74, 6) is 1.37. The molecule has 2 aliphatic rings. The molecule has 3 heteroatoms. The Balaban J connectivity index is 1.86. The predicted octanol–water partition coefficient (Wildman–Crippen LogP) is 2.34. The molecule has 3 unspecified atom stereocenters. The average Bonchev–Trinajstić information content (AvgIpc) is 2.80. The van der Waals surface area contributed by atoms with Crippen molar-refractivity contribution >= 4 is 11.8 Å². The molecule has 0 amide bonds. The van der Waals surface area contributed by atoms with Gasteiger partial charge in [0, 0.05) is 23.9 Å². The molecule has 2 fully saturated rings. The first kappa shape index (κ1) is 12.7. The maximum atomic E-state index is 3.63. The molecule has 2 heterocycles. The molecular weight excluding hydrogens is 216 g/mol. The van der Waals surface area contributed by atoms with Crippen molar-refractivity contribution in [3.63, 3.8) is 0 Å². The zero-order chi connectivity index (χ0) is 11.4. The number of nitrogens with one attached hydrogen (secondary N) is 1. The lowest BCUT2D eigenvalue weighted by Crippen LogP contribution is -2.48. The maximum absolute atomic E-state index is 3.63. The van der Waals surface area contributed by atoms with E-state index in [0.717, 1.165) is 17.3 Å². The smallest absolute Gasteiger partial charge is 0.0212 e. The average molecular weight is 242 g/mol. The van der Waals surface area contributed by atoms with Crippen LogP contribution in [0.1, 0.15) is 39.5 Å². The van der Waals surface area contributed by atoms with E-state index in [9.17, 15) is 0 Å². The van der Waals surface area contributed by atoms with Gasteiger partial charge in [-0.05, 0) is 44.5 Å². The largest absolute Gasteiger partial charge is 0.313 e. The number of hydrogen-bond donors (Lipinski definition) is 1. The van der Waals surface area contributed by atoms with Gasteiger partial charge in [0.25, 0.3) is 0 Å². The molecule has 2 nitrogen and oxygen atoms in total. The molecule has 16 heavy (non-hydrogen) atoms. The third kappa shape index (κ3) is 3.14. The van der Waals surface area contributed by atoms with Crippen molar-refractivity contribution in [2.45, 2.75) is 56.9 Å². The van der Waals surface area contributed by atoms with E-state index >= 15 is 0 Å². The van der Waals surface area contributed by atoms with E-state index in [-0.39, 0.29) is 0 Å². The fourth-order valence-corrected chi connectivity index (χ4v) is 4.32. The van der Waals surface area contributed by atoms with Crippen molar-refractivity contribution in [1.29, 1.82) is 0 Å². The Morgan fingerprint density at radius 2 is 2.19 bits per heavy atom. The van der Waals surface area contributed by atoms with Gasteiger partial charge in [0.2, 0.25) is 0 Å². The molecule has 2 aliphatic heterocycles. The van der Waals surface area contributed by atoms with E-state index in [2.05, 4.69) is 35.8 Å². The highest BCUT2D eigenvalue weighted by atomic mass is 32.2. The number of hydrogen-bond acceptors (Lipinski definition) is 3. The molecular formula is C13H26N2S. The Labute approximate surface area is 105 Å². The quantitative estimate of drug-likeness (QED) is 0.814. The van der Waals surface area contributed by atoms with Crippen molar-refractivity contribution in [3.05, 3.63) is 0 Å². The van der Waals surface area contributed by atoms with E-state index in [1.165, 1.54) is 51.1 Å². The Bertz CT molecular complexity index is 204. The summed E-state index contributed by atoms with van der Waals surface area (Å²) >= 11 is 2.17. The minimum atomic E-state index is 0.763. The molecule has 0 bridgehead atoms. The standard InChI is InChI=1S/C13H26N2S/c1-3-15(10-12-6-4-8-14-12)13-7-5-9-16-11(13)2/h11-14H,3-10H2,1-2H3. The maximum Gasteiger partial charge on any atom is 0.0212 e. The fourth-order valence-electron chi connectivity index (χ4n) is 3.08. The molecule has 3 atom stereocenters. The van der Waals surface area contributed by atoms with Crippen LogP contribution in [-0.4, -0.2) is 47.6 Å². The molecule has 0 aliphatic carbocycles. The molecule has 0 radical (unpaired) electrons. The van der Waals surface area contributed by atoms with Crippen LogP contribution in [0.5, 0.6) is 0 Å². The molecule has 0 spiro atoms. The SMILES string of the molecule is CCN(CC1CCCN1)C1CCCSC1C. The van der Waals surface area contributed by atoms with Gasteiger partial charge in [-0.15, -0.1) is 0 Å². The van der Waals surface area contributed by atoms with Crippen LogP contribution in [0.2, 0.25) is 0 Å². The summed E-state index contributed by atoms with van der Waals surface area (Å²) in [6.07, 6.45) is 5.57. The minimum absolute atomic E-state index is 0.763. The van der Waals surface area contributed by atoms with Crippen molar-refractivity contribution < 1.29 is 0 Å². The molecule has 0 aromatic heterocycles. The topological polar surface area (TPSA) is 15.3 Å². The van der Waals surface area contributed by atoms with Crippen LogP contribution in [0, 0.1) is 0 Å². The summed E-state index contributed by atoms with van der Waals surface area (Å²) in [4.78, 5) is 2.72. The van der Waals surface area contributed by atoms with Gasteiger partial charge in [-0.1, -0.05) is 13.8 Å². The van der Waals surface area contributed by atoms with Gasteiger partial charge in [-0.3, -0.25) is 4.90 Å². The summed E-state index contributed by atoms with van der Waals surface area (Å²) in [5.41, 5.74) is 0. The first-order valence-corrected chi connectivity index (χ1v) is 7.95. The highest BCUT2D eigenvalue weighted by Gasteiger charge is 2.28. The van der Waals surface area contributed by atoms with Crippen LogP contribution in [0.25, 0.3) is 0 Å². The van der Waals surface area contributed by atoms with E-state index in [1.54, 1.807) is 0 Å². The normalized spacial score (nSPS) is 35.8. The van der Waals surface area contributed by atoms with Crippen LogP contribution in [0.15, 0.2) is 0 Å². The van der Waals surface area contributed by atoms with Gasteiger partial charge in [-0.2, -0.15) is 11.8 Å². The number of thioether (sulfide) groups is 1. The highest BCUT2D eigenvalue weighted by Crippen LogP contribution is 2.29. The van der Waals surface area contributed by atoms with Gasteiger partial charge in [0.1, 0.15) is 0 Å². The van der Waals surface area contributed by atoms with Crippen molar-refractivity contribution in [1.82, 2.24) is 10.2 Å². The van der Waals surface area contributed by atoms with E-state index in [1.807, 2.05) is 0 Å². The van der Waals surface area contributed by atoms with Crippen molar-refractivity contribution in [2.75, 3.05) is 25.4 Å². The van der Waals surface area contributed by atoms with Crippen molar-refractivity contribution in [2.24, 2.45) is 0 Å². The lowest BCUT2D eigenvalue weighted by molar-refractivity contribution is 0.175. The van der Waals surface area contributed by atoms with Gasteiger partial charge in [0.05, 0.1) is 0 Å². The first-order chi connectivity index (χ1) is 7.81. The van der Waals surface area contributed by atoms with E-state index in [0.29, 0.717) is 0 Å². The zero-order valence-electron chi connectivity index (χ0n) is 10.7. The van der Waals surface area contributed by atoms with Crippen LogP contribution >= 0.6 is 11.8 Å². The Morgan fingerprint density at radius 3 is 2.81 bits per heavy atom. The molecule has 0 saturated carbocycles.